The first-order chi connectivity index (χ1) is 20.7. The average Bonchev–Trinajstić information content (AvgIpc) is 3.02. The molecule has 3 aromatic rings. The van der Waals surface area contributed by atoms with Crippen molar-refractivity contribution < 1.29 is 0 Å². The molecule has 3 aromatic carbocycles. The van der Waals surface area contributed by atoms with E-state index in [0.29, 0.717) is 11.8 Å². The van der Waals surface area contributed by atoms with E-state index < -0.39 is 0 Å². The molecule has 2 fully saturated rings. The van der Waals surface area contributed by atoms with Crippen LogP contribution in [0.5, 0.6) is 0 Å². The third-order valence-electron chi connectivity index (χ3n) is 9.53. The van der Waals surface area contributed by atoms with Gasteiger partial charge in [0.1, 0.15) is 0 Å². The summed E-state index contributed by atoms with van der Waals surface area (Å²) in [7, 11) is 0. The van der Waals surface area contributed by atoms with Crippen molar-refractivity contribution in [3.05, 3.63) is 119 Å². The van der Waals surface area contributed by atoms with Crippen molar-refractivity contribution in [1.82, 2.24) is 0 Å². The first-order valence-electron chi connectivity index (χ1n) is 17.3. The van der Waals surface area contributed by atoms with Gasteiger partial charge in [-0.05, 0) is 91.4 Å². The summed E-state index contributed by atoms with van der Waals surface area (Å²) < 4.78 is 0. The second-order valence-electron chi connectivity index (χ2n) is 13.7. The molecule has 0 radical (unpaired) electrons. The van der Waals surface area contributed by atoms with E-state index in [1.165, 1.54) is 96.7 Å². The highest BCUT2D eigenvalue weighted by atomic mass is 14.3. The predicted molar refractivity (Wildman–Crippen MR) is 192 cm³/mol. The zero-order valence-electron chi connectivity index (χ0n) is 28.5. The van der Waals surface area contributed by atoms with Crippen molar-refractivity contribution in [3.8, 4) is 11.1 Å². The second-order valence-corrected chi connectivity index (χ2v) is 13.7. The van der Waals surface area contributed by atoms with Crippen LogP contribution in [-0.2, 0) is 0 Å². The van der Waals surface area contributed by atoms with Crippen LogP contribution in [0.25, 0.3) is 11.1 Å². The minimum Gasteiger partial charge on any atom is -0.0956 e. The van der Waals surface area contributed by atoms with E-state index >= 15 is 0 Å². The fourth-order valence-electron chi connectivity index (χ4n) is 6.30. The van der Waals surface area contributed by atoms with E-state index in [2.05, 4.69) is 140 Å². The molecule has 232 valence electrons. The van der Waals surface area contributed by atoms with E-state index in [1.54, 1.807) is 0 Å². The highest BCUT2D eigenvalue weighted by Gasteiger charge is 2.20. The number of aryl methyl sites for hydroxylation is 2. The molecule has 0 spiro atoms. The maximum atomic E-state index is 4.30. The van der Waals surface area contributed by atoms with Crippen molar-refractivity contribution in [2.75, 3.05) is 0 Å². The lowest BCUT2D eigenvalue weighted by molar-refractivity contribution is 0.324. The Kier molecular flexibility index (Phi) is 14.5. The van der Waals surface area contributed by atoms with E-state index in [9.17, 15) is 0 Å². The number of benzene rings is 3. The molecule has 0 aromatic heterocycles. The molecule has 2 aliphatic carbocycles. The average molecular weight is 577 g/mol. The molecule has 43 heavy (non-hydrogen) atoms. The van der Waals surface area contributed by atoms with Crippen LogP contribution in [-0.4, -0.2) is 0 Å². The SMILES string of the molecule is C=C(/C=C\C(C)c1ccc(C)cc1)C1CCC(C)CC1.CCC.Cc1ccc(-c2ccc(C3CCC(C)CC3)cc2)cc1. The van der Waals surface area contributed by atoms with E-state index in [-0.39, 0.29) is 0 Å². The molecule has 1 atom stereocenters. The van der Waals surface area contributed by atoms with Crippen LogP contribution in [0.2, 0.25) is 0 Å². The second kappa shape index (κ2) is 18.1. The summed E-state index contributed by atoms with van der Waals surface area (Å²) >= 11 is 0. The molecule has 0 bridgehead atoms. The normalized spacial score (nSPS) is 22.5. The summed E-state index contributed by atoms with van der Waals surface area (Å²) in [5.74, 6) is 3.81. The summed E-state index contributed by atoms with van der Waals surface area (Å²) in [6.07, 6.45) is 16.7. The molecular formula is C43H60. The molecule has 0 heterocycles. The van der Waals surface area contributed by atoms with Crippen molar-refractivity contribution >= 4 is 0 Å². The van der Waals surface area contributed by atoms with Gasteiger partial charge in [0, 0.05) is 0 Å². The molecule has 2 aliphatic rings. The van der Waals surface area contributed by atoms with Crippen molar-refractivity contribution in [2.24, 2.45) is 17.8 Å². The van der Waals surface area contributed by atoms with Gasteiger partial charge in [0.25, 0.3) is 0 Å². The molecule has 2 saturated carbocycles. The molecule has 1 unspecified atom stereocenters. The van der Waals surface area contributed by atoms with E-state index in [1.807, 2.05) is 0 Å². The summed E-state index contributed by atoms with van der Waals surface area (Å²) in [6.45, 7) is 19.8. The Morgan fingerprint density at radius 3 is 1.58 bits per heavy atom. The Morgan fingerprint density at radius 2 is 1.09 bits per heavy atom. The largest absolute Gasteiger partial charge is 0.0956 e. The van der Waals surface area contributed by atoms with Gasteiger partial charge in [0.05, 0.1) is 0 Å². The Balaban J connectivity index is 0.000000216. The fourth-order valence-corrected chi connectivity index (χ4v) is 6.30. The molecular weight excluding hydrogens is 516 g/mol. The van der Waals surface area contributed by atoms with E-state index in [4.69, 9.17) is 0 Å². The van der Waals surface area contributed by atoms with Gasteiger partial charge in [-0.25, -0.2) is 0 Å². The Labute approximate surface area is 265 Å². The predicted octanol–water partition coefficient (Wildman–Crippen LogP) is 13.4. The Hall–Kier alpha value is -2.86. The van der Waals surface area contributed by atoms with Crippen LogP contribution < -0.4 is 0 Å². The van der Waals surface area contributed by atoms with Crippen LogP contribution >= 0.6 is 0 Å². The van der Waals surface area contributed by atoms with E-state index in [0.717, 1.165) is 17.8 Å². The summed E-state index contributed by atoms with van der Waals surface area (Å²) in [6, 6.07) is 26.9. The summed E-state index contributed by atoms with van der Waals surface area (Å²) in [5, 5.41) is 0. The summed E-state index contributed by atoms with van der Waals surface area (Å²) in [4.78, 5) is 0. The van der Waals surface area contributed by atoms with Gasteiger partial charge in [0.15, 0.2) is 0 Å². The van der Waals surface area contributed by atoms with Crippen molar-refractivity contribution in [2.45, 2.75) is 118 Å². The maximum Gasteiger partial charge on any atom is -0.000722 e. The van der Waals surface area contributed by atoms with Gasteiger partial charge in [-0.2, -0.15) is 0 Å². The molecule has 0 saturated heterocycles. The zero-order valence-corrected chi connectivity index (χ0v) is 28.5. The molecule has 0 nitrogen and oxygen atoms in total. The van der Waals surface area contributed by atoms with Crippen molar-refractivity contribution in [3.63, 3.8) is 0 Å². The minimum absolute atomic E-state index is 0.467. The lowest BCUT2D eigenvalue weighted by Gasteiger charge is -2.26. The summed E-state index contributed by atoms with van der Waals surface area (Å²) in [5.41, 5.74) is 9.55. The van der Waals surface area contributed by atoms with Crippen molar-refractivity contribution in [1.29, 1.82) is 0 Å². The van der Waals surface area contributed by atoms with Crippen LogP contribution in [0.3, 0.4) is 0 Å². The molecule has 0 N–H and O–H groups in total. The van der Waals surface area contributed by atoms with Gasteiger partial charge in [-0.3, -0.25) is 0 Å². The van der Waals surface area contributed by atoms with Gasteiger partial charge in [-0.1, -0.05) is 175 Å². The lowest BCUT2D eigenvalue weighted by atomic mass is 9.79. The van der Waals surface area contributed by atoms with Gasteiger partial charge < -0.3 is 0 Å². The molecule has 5 rings (SSSR count). The highest BCUT2D eigenvalue weighted by Crippen LogP contribution is 2.36. The minimum atomic E-state index is 0.467. The maximum absolute atomic E-state index is 4.30. The number of hydrogen-bond donors (Lipinski definition) is 0. The third-order valence-corrected chi connectivity index (χ3v) is 9.53. The standard InChI is InChI=1S/C20H24.C20H28.C3H8/c1-15-3-7-17(8-4-15)19-11-13-20(14-12-19)18-9-5-16(2)6-10-18;1-15-5-11-19(12-6-15)17(3)9-10-18(4)20-13-7-16(2)8-14-20;1-3-2/h3-4,7-8,11-14,16,18H,5-6,9-10H2,1-2H3;7-10,13-15,18-19H,3,5-6,11-12H2,1-2,4H3;3H2,1-2H3/b;10-9-;. The van der Waals surface area contributed by atoms with Crippen LogP contribution in [0.1, 0.15) is 126 Å². The number of rotatable bonds is 6. The zero-order chi connectivity index (χ0) is 31.2. The molecule has 0 aliphatic heterocycles. The van der Waals surface area contributed by atoms with Gasteiger partial charge in [0.2, 0.25) is 0 Å². The molecule has 0 heteroatoms. The Bertz CT molecular complexity index is 1210. The monoisotopic (exact) mass is 576 g/mol. The number of hydrogen-bond acceptors (Lipinski definition) is 0. The first-order valence-corrected chi connectivity index (χ1v) is 17.3. The first kappa shape index (κ1) is 34.6. The molecule has 0 amide bonds. The van der Waals surface area contributed by atoms with Gasteiger partial charge in [-0.15, -0.1) is 0 Å². The highest BCUT2D eigenvalue weighted by molar-refractivity contribution is 5.64. The van der Waals surface area contributed by atoms with Gasteiger partial charge >= 0.3 is 0 Å². The van der Waals surface area contributed by atoms with Crippen LogP contribution in [0.15, 0.2) is 97.1 Å². The van der Waals surface area contributed by atoms with Crippen LogP contribution in [0.4, 0.5) is 0 Å². The topological polar surface area (TPSA) is 0 Å². The fraction of sp³-hybridized carbons (Fsp3) is 0.488. The smallest absolute Gasteiger partial charge is 0.000722 e. The lowest BCUT2D eigenvalue weighted by Crippen LogP contribution is -2.13. The van der Waals surface area contributed by atoms with Crippen LogP contribution in [0, 0.1) is 31.6 Å². The Morgan fingerprint density at radius 1 is 0.674 bits per heavy atom. The number of allylic oxidation sites excluding steroid dienone is 3. The quantitative estimate of drug-likeness (QED) is 0.256. The third kappa shape index (κ3) is 11.6.